The molecule has 0 saturated heterocycles. The summed E-state index contributed by atoms with van der Waals surface area (Å²) in [6.45, 7) is 0. The summed E-state index contributed by atoms with van der Waals surface area (Å²) >= 11 is 1.46. The maximum atomic E-state index is 12.8. The van der Waals surface area contributed by atoms with Gasteiger partial charge in [0.15, 0.2) is 5.13 Å². The molecule has 0 unspecified atom stereocenters. The summed E-state index contributed by atoms with van der Waals surface area (Å²) in [4.78, 5) is 45.8. The number of hydrogen-bond acceptors (Lipinski definition) is 7. The van der Waals surface area contributed by atoms with Crippen LogP contribution in [0.2, 0.25) is 0 Å². The zero-order valence-corrected chi connectivity index (χ0v) is 21.6. The molecular formula is C29H22N6O4S. The topological polar surface area (TPSA) is 137 Å². The average molecular weight is 551 g/mol. The van der Waals surface area contributed by atoms with Crippen molar-refractivity contribution >= 4 is 51.4 Å². The molecule has 198 valence electrons. The van der Waals surface area contributed by atoms with Gasteiger partial charge >= 0.3 is 6.09 Å². The molecule has 2 heterocycles. The zero-order valence-electron chi connectivity index (χ0n) is 20.8. The van der Waals surface area contributed by atoms with Gasteiger partial charge in [-0.2, -0.15) is 5.01 Å². The highest BCUT2D eigenvalue weighted by atomic mass is 32.1. The van der Waals surface area contributed by atoms with Gasteiger partial charge in [-0.3, -0.25) is 20.0 Å². The Morgan fingerprint density at radius 1 is 0.800 bits per heavy atom. The maximum Gasteiger partial charge on any atom is 0.431 e. The third kappa shape index (κ3) is 6.29. The first-order chi connectivity index (χ1) is 19.5. The molecule has 3 amide bonds. The molecule has 0 bridgehead atoms. The van der Waals surface area contributed by atoms with E-state index in [-0.39, 0.29) is 11.5 Å². The summed E-state index contributed by atoms with van der Waals surface area (Å²) in [5, 5.41) is 18.9. The summed E-state index contributed by atoms with van der Waals surface area (Å²) in [6.07, 6.45) is 2.13. The predicted molar refractivity (Wildman–Crippen MR) is 154 cm³/mol. The predicted octanol–water partition coefficient (Wildman–Crippen LogP) is 6.03. The molecule has 0 fully saturated rings. The Morgan fingerprint density at radius 2 is 1.52 bits per heavy atom. The number of hydrazine groups is 1. The molecule has 40 heavy (non-hydrogen) atoms. The van der Waals surface area contributed by atoms with Crippen LogP contribution < -0.4 is 21.1 Å². The van der Waals surface area contributed by atoms with Gasteiger partial charge in [0.05, 0.1) is 11.4 Å². The van der Waals surface area contributed by atoms with E-state index in [1.54, 1.807) is 54.9 Å². The fraction of sp³-hybridized carbons (Fsp3) is 0. The molecule has 4 N–H and O–H groups in total. The van der Waals surface area contributed by atoms with Crippen LogP contribution in [-0.2, 0) is 0 Å². The van der Waals surface area contributed by atoms with Gasteiger partial charge in [-0.25, -0.2) is 9.78 Å². The number of anilines is 4. The number of thiazole rings is 1. The lowest BCUT2D eigenvalue weighted by molar-refractivity contribution is 0.0943. The van der Waals surface area contributed by atoms with E-state index in [4.69, 9.17) is 0 Å². The number of hydrogen-bond donors (Lipinski definition) is 4. The molecule has 0 aliphatic rings. The molecule has 0 atom stereocenters. The van der Waals surface area contributed by atoms with Crippen molar-refractivity contribution in [3.05, 3.63) is 120 Å². The van der Waals surface area contributed by atoms with E-state index in [0.717, 1.165) is 22.0 Å². The van der Waals surface area contributed by atoms with Crippen molar-refractivity contribution < 1.29 is 19.5 Å². The van der Waals surface area contributed by atoms with E-state index in [1.165, 1.54) is 35.6 Å². The van der Waals surface area contributed by atoms with Crippen LogP contribution in [0, 0.1) is 0 Å². The third-order valence-electron chi connectivity index (χ3n) is 5.66. The van der Waals surface area contributed by atoms with Crippen LogP contribution in [0.4, 0.5) is 27.0 Å². The van der Waals surface area contributed by atoms with Crippen LogP contribution >= 0.6 is 11.3 Å². The van der Waals surface area contributed by atoms with Crippen molar-refractivity contribution in [3.63, 3.8) is 0 Å². The SMILES string of the molecule is O=C(Nc1cccc(Nc2nc(-c3cccnc3)cs2)c1)c1ccc(C(=O)NN(C(=O)O)c2ccccc2)cc1. The van der Waals surface area contributed by atoms with Crippen molar-refractivity contribution in [2.75, 3.05) is 15.6 Å². The number of para-hydroxylation sites is 1. The van der Waals surface area contributed by atoms with Crippen LogP contribution in [-0.4, -0.2) is 33.0 Å². The first kappa shape index (κ1) is 26.1. The van der Waals surface area contributed by atoms with Crippen LogP contribution in [0.15, 0.2) is 109 Å². The lowest BCUT2D eigenvalue weighted by Crippen LogP contribution is -2.45. The fourth-order valence-electron chi connectivity index (χ4n) is 3.72. The van der Waals surface area contributed by atoms with Gasteiger partial charge in [0.1, 0.15) is 0 Å². The third-order valence-corrected chi connectivity index (χ3v) is 6.42. The Bertz CT molecular complexity index is 1640. The monoisotopic (exact) mass is 550 g/mol. The molecule has 5 rings (SSSR count). The summed E-state index contributed by atoms with van der Waals surface area (Å²) in [5.74, 6) is -1.00. The second-order valence-electron chi connectivity index (χ2n) is 8.41. The molecular weight excluding hydrogens is 528 g/mol. The Balaban J connectivity index is 1.21. The summed E-state index contributed by atoms with van der Waals surface area (Å²) in [5.41, 5.74) is 6.23. The van der Waals surface area contributed by atoms with Crippen LogP contribution in [0.25, 0.3) is 11.3 Å². The van der Waals surface area contributed by atoms with Crippen molar-refractivity contribution in [2.24, 2.45) is 0 Å². The Hall–Kier alpha value is -5.55. The van der Waals surface area contributed by atoms with Crippen molar-refractivity contribution in [1.29, 1.82) is 0 Å². The minimum absolute atomic E-state index is 0.194. The second kappa shape index (κ2) is 11.9. The van der Waals surface area contributed by atoms with E-state index in [9.17, 15) is 19.5 Å². The highest BCUT2D eigenvalue weighted by Gasteiger charge is 2.18. The average Bonchev–Trinajstić information content (AvgIpc) is 3.45. The quantitative estimate of drug-likeness (QED) is 0.182. The number of benzene rings is 3. The molecule has 0 aliphatic carbocycles. The van der Waals surface area contributed by atoms with E-state index >= 15 is 0 Å². The minimum Gasteiger partial charge on any atom is -0.463 e. The molecule has 11 heteroatoms. The molecule has 3 aromatic carbocycles. The normalized spacial score (nSPS) is 10.4. The number of pyridine rings is 1. The number of carbonyl (C=O) groups excluding carboxylic acids is 2. The van der Waals surface area contributed by atoms with E-state index in [2.05, 4.69) is 26.0 Å². The van der Waals surface area contributed by atoms with Crippen molar-refractivity contribution in [3.8, 4) is 11.3 Å². The van der Waals surface area contributed by atoms with Gasteiger partial charge < -0.3 is 15.7 Å². The Labute approximate surface area is 232 Å². The molecule has 2 aromatic heterocycles. The van der Waals surface area contributed by atoms with Gasteiger partial charge in [-0.05, 0) is 66.7 Å². The number of carbonyl (C=O) groups is 3. The Morgan fingerprint density at radius 3 is 2.23 bits per heavy atom. The Kier molecular flexibility index (Phi) is 7.74. The van der Waals surface area contributed by atoms with Gasteiger partial charge in [0.2, 0.25) is 0 Å². The van der Waals surface area contributed by atoms with Crippen LogP contribution in [0.3, 0.4) is 0 Å². The minimum atomic E-state index is -1.34. The number of nitrogens with one attached hydrogen (secondary N) is 3. The molecule has 0 radical (unpaired) electrons. The molecule has 0 spiro atoms. The number of aromatic nitrogens is 2. The molecule has 0 aliphatic heterocycles. The lowest BCUT2D eigenvalue weighted by Gasteiger charge is -2.20. The van der Waals surface area contributed by atoms with E-state index in [1.807, 2.05) is 29.6 Å². The van der Waals surface area contributed by atoms with Gasteiger partial charge in [0, 0.05) is 45.8 Å². The fourth-order valence-corrected chi connectivity index (χ4v) is 4.46. The first-order valence-electron chi connectivity index (χ1n) is 12.0. The summed E-state index contributed by atoms with van der Waals surface area (Å²) in [6, 6.07) is 25.1. The standard InChI is InChI=1S/C29H22N6O4S/c36-26(19-11-13-20(14-12-19)27(37)34-35(29(38)39)24-9-2-1-3-10-24)31-22-7-4-8-23(16-22)32-28-33-25(18-40-28)21-6-5-15-30-17-21/h1-18H,(H,31,36)(H,32,33)(H,34,37)(H,38,39). The van der Waals surface area contributed by atoms with Crippen LogP contribution in [0.1, 0.15) is 20.7 Å². The van der Waals surface area contributed by atoms with Crippen molar-refractivity contribution in [2.45, 2.75) is 0 Å². The van der Waals surface area contributed by atoms with Crippen LogP contribution in [0.5, 0.6) is 0 Å². The summed E-state index contributed by atoms with van der Waals surface area (Å²) in [7, 11) is 0. The molecule has 5 aromatic rings. The highest BCUT2D eigenvalue weighted by molar-refractivity contribution is 7.14. The largest absolute Gasteiger partial charge is 0.463 e. The lowest BCUT2D eigenvalue weighted by atomic mass is 10.1. The number of carboxylic acid groups (broad SMARTS) is 1. The van der Waals surface area contributed by atoms with Crippen molar-refractivity contribution in [1.82, 2.24) is 15.4 Å². The zero-order chi connectivity index (χ0) is 27.9. The first-order valence-corrected chi connectivity index (χ1v) is 12.9. The van der Waals surface area contributed by atoms with Gasteiger partial charge in [0.25, 0.3) is 11.8 Å². The second-order valence-corrected chi connectivity index (χ2v) is 9.27. The van der Waals surface area contributed by atoms with E-state index in [0.29, 0.717) is 22.1 Å². The number of nitrogens with zero attached hydrogens (tertiary/aromatic N) is 3. The highest BCUT2D eigenvalue weighted by Crippen LogP contribution is 2.27. The van der Waals surface area contributed by atoms with Gasteiger partial charge in [-0.15, -0.1) is 11.3 Å². The smallest absolute Gasteiger partial charge is 0.431 e. The van der Waals surface area contributed by atoms with E-state index < -0.39 is 12.0 Å². The molecule has 0 saturated carbocycles. The number of amides is 3. The summed E-state index contributed by atoms with van der Waals surface area (Å²) < 4.78 is 0. The maximum absolute atomic E-state index is 12.8. The van der Waals surface area contributed by atoms with Gasteiger partial charge in [-0.1, -0.05) is 24.3 Å². The molecule has 10 nitrogen and oxygen atoms in total. The number of rotatable bonds is 7.